The number of carbonyl (C=O) groups excluding carboxylic acids is 1. The summed E-state index contributed by atoms with van der Waals surface area (Å²) in [5, 5.41) is 9.80. The summed E-state index contributed by atoms with van der Waals surface area (Å²) in [7, 11) is 1.70. The molecule has 0 unspecified atom stereocenters. The first-order valence-corrected chi connectivity index (χ1v) is 8.40. The highest BCUT2D eigenvalue weighted by atomic mass is 16.5. The lowest BCUT2D eigenvalue weighted by Crippen LogP contribution is -2.20. The molecule has 0 atom stereocenters. The average Bonchev–Trinajstić information content (AvgIpc) is 3.14. The summed E-state index contributed by atoms with van der Waals surface area (Å²) in [4.78, 5) is 28.8. The van der Waals surface area contributed by atoms with Crippen molar-refractivity contribution in [3.63, 3.8) is 0 Å². The number of pyridine rings is 2. The normalized spacial score (nSPS) is 10.8. The lowest BCUT2D eigenvalue weighted by Gasteiger charge is -2.10. The zero-order valence-corrected chi connectivity index (χ0v) is 14.8. The molecule has 0 aliphatic heterocycles. The van der Waals surface area contributed by atoms with E-state index in [1.165, 1.54) is 4.57 Å². The summed E-state index contributed by atoms with van der Waals surface area (Å²) < 4.78 is 6.53. The Kier molecular flexibility index (Phi) is 4.24. The highest BCUT2D eigenvalue weighted by Crippen LogP contribution is 2.27. The van der Waals surface area contributed by atoms with Crippen LogP contribution in [-0.2, 0) is 0 Å². The molecule has 0 bridgehead atoms. The monoisotopic (exact) mass is 376 g/mol. The van der Waals surface area contributed by atoms with Crippen LogP contribution in [0.2, 0.25) is 0 Å². The predicted molar refractivity (Wildman–Crippen MR) is 105 cm³/mol. The number of rotatable bonds is 5. The highest BCUT2D eigenvalue weighted by Gasteiger charge is 2.19. The van der Waals surface area contributed by atoms with Crippen molar-refractivity contribution in [1.29, 1.82) is 0 Å². The van der Waals surface area contributed by atoms with Gasteiger partial charge in [0.05, 0.1) is 5.69 Å². The van der Waals surface area contributed by atoms with E-state index in [9.17, 15) is 9.59 Å². The maximum atomic E-state index is 12.9. The number of para-hydroxylation sites is 1. The molecule has 1 amide bonds. The molecule has 3 heterocycles. The second-order valence-corrected chi connectivity index (χ2v) is 5.94. The van der Waals surface area contributed by atoms with Crippen LogP contribution in [0.5, 0.6) is 0 Å². The Bertz CT molecular complexity index is 1230. The van der Waals surface area contributed by atoms with Gasteiger partial charge in [-0.25, -0.2) is 4.98 Å². The van der Waals surface area contributed by atoms with Crippen LogP contribution >= 0.6 is 0 Å². The van der Waals surface area contributed by atoms with Crippen molar-refractivity contribution < 1.29 is 9.32 Å². The largest absolute Gasteiger partial charge is 0.386 e. The maximum Gasteiger partial charge on any atom is 0.289 e. The molecule has 140 valence electrons. The average molecular weight is 376 g/mol. The SMILES string of the molecule is CNc1cc(Nc2cccn(-c3ccccc3)c2=O)nc2c(C(N)=O)onc12. The minimum absolute atomic E-state index is 0.148. The first kappa shape index (κ1) is 17.3. The van der Waals surface area contributed by atoms with Gasteiger partial charge in [0.1, 0.15) is 17.0 Å². The van der Waals surface area contributed by atoms with Crippen LogP contribution in [-0.4, -0.2) is 27.7 Å². The van der Waals surface area contributed by atoms with Gasteiger partial charge in [-0.2, -0.15) is 0 Å². The highest BCUT2D eigenvalue weighted by molar-refractivity contribution is 6.04. The zero-order valence-electron chi connectivity index (χ0n) is 14.8. The Balaban J connectivity index is 1.80. The molecule has 4 aromatic rings. The lowest BCUT2D eigenvalue weighted by molar-refractivity contribution is 0.0967. The second-order valence-electron chi connectivity index (χ2n) is 5.94. The molecule has 0 aliphatic carbocycles. The number of benzene rings is 1. The van der Waals surface area contributed by atoms with Gasteiger partial charge in [0, 0.05) is 25.0 Å². The van der Waals surface area contributed by atoms with Crippen LogP contribution in [0.25, 0.3) is 16.7 Å². The van der Waals surface area contributed by atoms with E-state index in [1.54, 1.807) is 31.4 Å². The molecule has 0 spiro atoms. The predicted octanol–water partition coefficient (Wildman–Crippen LogP) is 2.26. The molecular formula is C19H16N6O3. The zero-order chi connectivity index (χ0) is 19.7. The summed E-state index contributed by atoms with van der Waals surface area (Å²) in [5.41, 5.74) is 7.28. The van der Waals surface area contributed by atoms with E-state index >= 15 is 0 Å². The fourth-order valence-corrected chi connectivity index (χ4v) is 2.86. The Morgan fingerprint density at radius 2 is 1.89 bits per heavy atom. The Labute approximate surface area is 158 Å². The van der Waals surface area contributed by atoms with E-state index in [2.05, 4.69) is 20.8 Å². The smallest absolute Gasteiger partial charge is 0.289 e. The fourth-order valence-electron chi connectivity index (χ4n) is 2.86. The second kappa shape index (κ2) is 6.88. The van der Waals surface area contributed by atoms with Crippen LogP contribution in [0.4, 0.5) is 17.2 Å². The number of nitrogens with two attached hydrogens (primary N) is 1. The first-order chi connectivity index (χ1) is 13.6. The number of hydrogen-bond donors (Lipinski definition) is 3. The molecule has 0 radical (unpaired) electrons. The number of nitrogens with one attached hydrogen (secondary N) is 2. The van der Waals surface area contributed by atoms with Crippen LogP contribution < -0.4 is 21.9 Å². The molecular weight excluding hydrogens is 360 g/mol. The van der Waals surface area contributed by atoms with E-state index in [0.29, 0.717) is 22.7 Å². The molecule has 4 rings (SSSR count). The number of amides is 1. The Morgan fingerprint density at radius 1 is 1.11 bits per heavy atom. The number of hydrogen-bond acceptors (Lipinski definition) is 7. The van der Waals surface area contributed by atoms with Gasteiger partial charge in [-0.1, -0.05) is 23.4 Å². The van der Waals surface area contributed by atoms with Gasteiger partial charge in [0.25, 0.3) is 11.5 Å². The van der Waals surface area contributed by atoms with Gasteiger partial charge >= 0.3 is 0 Å². The summed E-state index contributed by atoms with van der Waals surface area (Å²) in [6.07, 6.45) is 1.68. The quantitative estimate of drug-likeness (QED) is 0.487. The molecule has 0 saturated heterocycles. The Hall–Kier alpha value is -4.14. The van der Waals surface area contributed by atoms with Crippen LogP contribution in [0.1, 0.15) is 10.6 Å². The molecule has 9 nitrogen and oxygen atoms in total. The van der Waals surface area contributed by atoms with Crippen LogP contribution in [0.3, 0.4) is 0 Å². The molecule has 0 fully saturated rings. The molecule has 3 aromatic heterocycles. The maximum absolute atomic E-state index is 12.9. The van der Waals surface area contributed by atoms with Crippen molar-refractivity contribution in [2.45, 2.75) is 0 Å². The van der Waals surface area contributed by atoms with E-state index in [-0.39, 0.29) is 16.8 Å². The summed E-state index contributed by atoms with van der Waals surface area (Å²) >= 11 is 0. The molecule has 0 aliphatic rings. The van der Waals surface area contributed by atoms with Gasteiger partial charge in [-0.05, 0) is 24.3 Å². The first-order valence-electron chi connectivity index (χ1n) is 8.40. The molecule has 9 heteroatoms. The van der Waals surface area contributed by atoms with E-state index < -0.39 is 5.91 Å². The third kappa shape index (κ3) is 2.94. The topological polar surface area (TPSA) is 128 Å². The summed E-state index contributed by atoms with van der Waals surface area (Å²) in [6, 6.07) is 14.3. The number of primary amides is 1. The number of fused-ring (bicyclic) bond motifs is 1. The number of carbonyl (C=O) groups is 1. The van der Waals surface area contributed by atoms with Gasteiger partial charge in [0.2, 0.25) is 5.76 Å². The number of anilines is 3. The van der Waals surface area contributed by atoms with Crippen molar-refractivity contribution >= 4 is 34.1 Å². The minimum atomic E-state index is -0.777. The third-order valence-corrected chi connectivity index (χ3v) is 4.17. The molecule has 28 heavy (non-hydrogen) atoms. The molecule has 4 N–H and O–H groups in total. The van der Waals surface area contributed by atoms with Crippen molar-refractivity contribution in [3.8, 4) is 5.69 Å². The van der Waals surface area contributed by atoms with Crippen molar-refractivity contribution in [3.05, 3.63) is 70.8 Å². The fraction of sp³-hybridized carbons (Fsp3) is 0.0526. The van der Waals surface area contributed by atoms with Gasteiger partial charge < -0.3 is 20.9 Å². The van der Waals surface area contributed by atoms with Crippen LogP contribution in [0, 0.1) is 0 Å². The van der Waals surface area contributed by atoms with Gasteiger partial charge in [-0.3, -0.25) is 14.2 Å². The lowest BCUT2D eigenvalue weighted by atomic mass is 10.2. The number of nitrogens with zero attached hydrogens (tertiary/aromatic N) is 3. The number of aromatic nitrogens is 3. The van der Waals surface area contributed by atoms with E-state index in [4.69, 9.17) is 10.3 Å². The van der Waals surface area contributed by atoms with Crippen LogP contribution in [0.15, 0.2) is 64.0 Å². The van der Waals surface area contributed by atoms with Crippen molar-refractivity contribution in [2.75, 3.05) is 17.7 Å². The van der Waals surface area contributed by atoms with Gasteiger partial charge in [0.15, 0.2) is 5.52 Å². The standard InChI is InChI=1S/C19H16N6O3/c1-21-13-10-14(23-16-15(13)24-28-17(16)18(20)26)22-12-8-5-9-25(19(12)27)11-6-3-2-4-7-11/h2-10,21H,1H3,(H2,20,26)(H,22,23). The van der Waals surface area contributed by atoms with Gasteiger partial charge in [-0.15, -0.1) is 0 Å². The minimum Gasteiger partial charge on any atom is -0.386 e. The van der Waals surface area contributed by atoms with E-state index in [0.717, 1.165) is 5.69 Å². The molecule has 1 aromatic carbocycles. The van der Waals surface area contributed by atoms with E-state index in [1.807, 2.05) is 30.3 Å². The molecule has 0 saturated carbocycles. The Morgan fingerprint density at radius 3 is 2.61 bits per heavy atom. The summed E-state index contributed by atoms with van der Waals surface area (Å²) in [5.74, 6) is -0.587. The van der Waals surface area contributed by atoms with Crippen molar-refractivity contribution in [2.24, 2.45) is 5.73 Å². The summed E-state index contributed by atoms with van der Waals surface area (Å²) in [6.45, 7) is 0. The third-order valence-electron chi connectivity index (χ3n) is 4.17. The van der Waals surface area contributed by atoms with Crippen molar-refractivity contribution in [1.82, 2.24) is 14.7 Å².